The summed E-state index contributed by atoms with van der Waals surface area (Å²) in [7, 11) is -4.35. The standard InChI is InChI=1S/C19H13Cl2N3O5S/c20-12-9-13(21)11-15(10-12)23(18-4-2-1-3-17(18)19(22)25)30(28,29)16-7-5-14(6-8-16)24(26)27/h1-11H,(H2,22,25). The number of nitrogens with two attached hydrogens (primary N) is 1. The van der Waals surface area contributed by atoms with Gasteiger partial charge in [-0.2, -0.15) is 0 Å². The van der Waals surface area contributed by atoms with Gasteiger partial charge in [-0.3, -0.25) is 14.9 Å². The maximum Gasteiger partial charge on any atom is 0.269 e. The van der Waals surface area contributed by atoms with Crippen molar-refractivity contribution in [1.29, 1.82) is 0 Å². The second kappa shape index (κ2) is 8.31. The summed E-state index contributed by atoms with van der Waals surface area (Å²) in [6.07, 6.45) is 0. The lowest BCUT2D eigenvalue weighted by atomic mass is 10.1. The molecule has 0 atom stereocenters. The number of para-hydroxylation sites is 1. The number of carbonyl (C=O) groups excluding carboxylic acids is 1. The van der Waals surface area contributed by atoms with Crippen LogP contribution >= 0.6 is 23.2 Å². The van der Waals surface area contributed by atoms with Crippen LogP contribution in [0, 0.1) is 10.1 Å². The quantitative estimate of drug-likeness (QED) is 0.422. The van der Waals surface area contributed by atoms with Crippen LogP contribution in [0.15, 0.2) is 71.6 Å². The Morgan fingerprint density at radius 2 is 1.53 bits per heavy atom. The van der Waals surface area contributed by atoms with Crippen LogP contribution in [-0.4, -0.2) is 19.2 Å². The van der Waals surface area contributed by atoms with Gasteiger partial charge in [-0.05, 0) is 42.5 Å². The van der Waals surface area contributed by atoms with E-state index >= 15 is 0 Å². The Bertz CT molecular complexity index is 1230. The number of primary amides is 1. The molecule has 8 nitrogen and oxygen atoms in total. The van der Waals surface area contributed by atoms with Crippen LogP contribution in [0.5, 0.6) is 0 Å². The number of carbonyl (C=O) groups is 1. The molecule has 154 valence electrons. The van der Waals surface area contributed by atoms with Crippen LogP contribution in [0.25, 0.3) is 0 Å². The van der Waals surface area contributed by atoms with E-state index in [-0.39, 0.29) is 37.6 Å². The fourth-order valence-corrected chi connectivity index (χ4v) is 4.77. The largest absolute Gasteiger partial charge is 0.366 e. The Labute approximate surface area is 181 Å². The number of nitrogens with zero attached hydrogens (tertiary/aromatic N) is 2. The summed E-state index contributed by atoms with van der Waals surface area (Å²) in [5.74, 6) is -0.845. The van der Waals surface area contributed by atoms with Crippen LogP contribution in [-0.2, 0) is 10.0 Å². The van der Waals surface area contributed by atoms with E-state index in [1.165, 1.54) is 42.5 Å². The molecule has 30 heavy (non-hydrogen) atoms. The average Bonchev–Trinajstić information content (AvgIpc) is 2.67. The molecule has 0 bridgehead atoms. The van der Waals surface area contributed by atoms with Gasteiger partial charge in [0.1, 0.15) is 0 Å². The number of halogens is 2. The minimum absolute atomic E-state index is 0.0262. The molecule has 0 heterocycles. The number of hydrogen-bond donors (Lipinski definition) is 1. The fourth-order valence-electron chi connectivity index (χ4n) is 2.77. The SMILES string of the molecule is NC(=O)c1ccccc1N(c1cc(Cl)cc(Cl)c1)S(=O)(=O)c1ccc([N+](=O)[O-])cc1. The average molecular weight is 466 g/mol. The van der Waals surface area contributed by atoms with E-state index < -0.39 is 20.9 Å². The number of benzene rings is 3. The smallest absolute Gasteiger partial charge is 0.269 e. The highest BCUT2D eigenvalue weighted by Crippen LogP contribution is 2.37. The monoisotopic (exact) mass is 465 g/mol. The first-order valence-electron chi connectivity index (χ1n) is 8.26. The normalized spacial score (nSPS) is 11.1. The van der Waals surface area contributed by atoms with Gasteiger partial charge in [0.05, 0.1) is 26.8 Å². The number of nitro groups is 1. The molecule has 3 aromatic carbocycles. The zero-order valence-corrected chi connectivity index (χ0v) is 17.4. The number of hydrogen-bond acceptors (Lipinski definition) is 5. The van der Waals surface area contributed by atoms with Gasteiger partial charge in [0, 0.05) is 22.2 Å². The van der Waals surface area contributed by atoms with Gasteiger partial charge in [0.15, 0.2) is 0 Å². The lowest BCUT2D eigenvalue weighted by molar-refractivity contribution is -0.384. The lowest BCUT2D eigenvalue weighted by Crippen LogP contribution is -2.29. The minimum atomic E-state index is -4.35. The van der Waals surface area contributed by atoms with E-state index in [1.54, 1.807) is 0 Å². The zero-order chi connectivity index (χ0) is 22.1. The molecule has 3 aromatic rings. The molecule has 0 spiro atoms. The van der Waals surface area contributed by atoms with E-state index in [4.69, 9.17) is 28.9 Å². The van der Waals surface area contributed by atoms with Crippen molar-refractivity contribution in [2.45, 2.75) is 4.90 Å². The van der Waals surface area contributed by atoms with Crippen LogP contribution < -0.4 is 10.0 Å². The van der Waals surface area contributed by atoms with Gasteiger partial charge in [-0.1, -0.05) is 35.3 Å². The molecule has 0 saturated heterocycles. The molecule has 0 unspecified atom stereocenters. The van der Waals surface area contributed by atoms with E-state index in [0.717, 1.165) is 28.6 Å². The second-order valence-electron chi connectivity index (χ2n) is 6.03. The first kappa shape index (κ1) is 21.6. The highest BCUT2D eigenvalue weighted by atomic mass is 35.5. The van der Waals surface area contributed by atoms with Crippen molar-refractivity contribution in [2.75, 3.05) is 4.31 Å². The summed E-state index contributed by atoms with van der Waals surface area (Å²) in [6.45, 7) is 0. The summed E-state index contributed by atoms with van der Waals surface area (Å²) < 4.78 is 27.9. The number of sulfonamides is 1. The topological polar surface area (TPSA) is 124 Å². The van der Waals surface area contributed by atoms with E-state index in [0.29, 0.717) is 0 Å². The first-order chi connectivity index (χ1) is 14.1. The summed E-state index contributed by atoms with van der Waals surface area (Å²) in [6, 6.07) is 14.3. The van der Waals surface area contributed by atoms with E-state index in [1.807, 2.05) is 0 Å². The molecule has 0 radical (unpaired) electrons. The molecule has 0 aliphatic rings. The molecule has 3 rings (SSSR count). The highest BCUT2D eigenvalue weighted by molar-refractivity contribution is 7.93. The van der Waals surface area contributed by atoms with Crippen LogP contribution in [0.4, 0.5) is 17.1 Å². The third kappa shape index (κ3) is 4.23. The van der Waals surface area contributed by atoms with Gasteiger partial charge < -0.3 is 5.73 Å². The summed E-state index contributed by atoms with van der Waals surface area (Å²) in [4.78, 5) is 22.0. The maximum atomic E-state index is 13.5. The maximum absolute atomic E-state index is 13.5. The number of non-ortho nitro benzene ring substituents is 1. The molecular weight excluding hydrogens is 453 g/mol. The fraction of sp³-hybridized carbons (Fsp3) is 0. The van der Waals surface area contributed by atoms with Gasteiger partial charge in [-0.25, -0.2) is 12.7 Å². The molecule has 2 N–H and O–H groups in total. The Hall–Kier alpha value is -3.14. The molecular formula is C19H13Cl2N3O5S. The van der Waals surface area contributed by atoms with E-state index in [9.17, 15) is 23.3 Å². The van der Waals surface area contributed by atoms with Gasteiger partial charge in [0.2, 0.25) is 0 Å². The van der Waals surface area contributed by atoms with Crippen molar-refractivity contribution in [3.05, 3.63) is 92.5 Å². The summed E-state index contributed by atoms with van der Waals surface area (Å²) in [5, 5.41) is 11.2. The van der Waals surface area contributed by atoms with Gasteiger partial charge in [-0.15, -0.1) is 0 Å². The van der Waals surface area contributed by atoms with Crippen molar-refractivity contribution in [2.24, 2.45) is 5.73 Å². The molecule has 0 saturated carbocycles. The van der Waals surface area contributed by atoms with Crippen LogP contribution in [0.1, 0.15) is 10.4 Å². The van der Waals surface area contributed by atoms with Crippen molar-refractivity contribution in [1.82, 2.24) is 0 Å². The number of amides is 1. The zero-order valence-electron chi connectivity index (χ0n) is 15.0. The first-order valence-corrected chi connectivity index (χ1v) is 10.5. The lowest BCUT2D eigenvalue weighted by Gasteiger charge is -2.26. The molecule has 0 aliphatic carbocycles. The predicted octanol–water partition coefficient (Wildman–Crippen LogP) is 4.53. The summed E-state index contributed by atoms with van der Waals surface area (Å²) >= 11 is 12.1. The predicted molar refractivity (Wildman–Crippen MR) is 114 cm³/mol. The Kier molecular flexibility index (Phi) is 5.97. The molecule has 0 aliphatic heterocycles. The van der Waals surface area contributed by atoms with E-state index in [2.05, 4.69) is 0 Å². The molecule has 11 heteroatoms. The number of anilines is 2. The van der Waals surface area contributed by atoms with Crippen molar-refractivity contribution < 1.29 is 18.1 Å². The Balaban J connectivity index is 2.29. The number of rotatable bonds is 6. The van der Waals surface area contributed by atoms with Gasteiger partial charge >= 0.3 is 0 Å². The Morgan fingerprint density at radius 1 is 0.967 bits per heavy atom. The van der Waals surface area contributed by atoms with Crippen molar-refractivity contribution >= 4 is 56.2 Å². The van der Waals surface area contributed by atoms with Gasteiger partial charge in [0.25, 0.3) is 21.6 Å². The molecule has 0 fully saturated rings. The molecule has 0 aromatic heterocycles. The van der Waals surface area contributed by atoms with Crippen molar-refractivity contribution in [3.8, 4) is 0 Å². The van der Waals surface area contributed by atoms with Crippen LogP contribution in [0.2, 0.25) is 10.0 Å². The Morgan fingerprint density at radius 3 is 2.07 bits per heavy atom. The highest BCUT2D eigenvalue weighted by Gasteiger charge is 2.30. The number of nitro benzene ring substituents is 1. The van der Waals surface area contributed by atoms with Crippen molar-refractivity contribution in [3.63, 3.8) is 0 Å². The third-order valence-corrected chi connectivity index (χ3v) is 6.25. The third-order valence-electron chi connectivity index (χ3n) is 4.06. The minimum Gasteiger partial charge on any atom is -0.366 e. The molecule has 1 amide bonds. The summed E-state index contributed by atoms with van der Waals surface area (Å²) in [5.41, 5.74) is 5.14. The van der Waals surface area contributed by atoms with Crippen LogP contribution in [0.3, 0.4) is 0 Å². The second-order valence-corrected chi connectivity index (χ2v) is 8.69.